The number of hydrogen-bond acceptors (Lipinski definition) is 5. The minimum Gasteiger partial charge on any atom is -0.378 e. The van der Waals surface area contributed by atoms with Crippen LogP contribution >= 0.6 is 0 Å². The Morgan fingerprint density at radius 1 is 0.929 bits per heavy atom. The molecule has 2 aromatic rings. The van der Waals surface area contributed by atoms with Crippen LogP contribution in [0.15, 0.2) is 48.5 Å². The molecular weight excluding hydrogens is 352 g/mol. The average molecular weight is 383 g/mol. The number of benzene rings is 2. The molecule has 0 radical (unpaired) electrons. The fourth-order valence-electron chi connectivity index (χ4n) is 4.03. The summed E-state index contributed by atoms with van der Waals surface area (Å²) in [6, 6.07) is 16.2. The van der Waals surface area contributed by atoms with Crippen LogP contribution in [0, 0.1) is 16.0 Å². The van der Waals surface area contributed by atoms with Gasteiger partial charge in [0.25, 0.3) is 5.69 Å². The van der Waals surface area contributed by atoms with E-state index in [0.717, 1.165) is 31.9 Å². The predicted octanol–water partition coefficient (Wildman–Crippen LogP) is 4.18. The summed E-state index contributed by atoms with van der Waals surface area (Å²) in [5.41, 5.74) is 3.78. The zero-order valence-electron chi connectivity index (χ0n) is 17.2. The number of anilines is 2. The molecule has 1 unspecified atom stereocenters. The molecule has 0 amide bonds. The van der Waals surface area contributed by atoms with Crippen LogP contribution in [-0.4, -0.2) is 50.1 Å². The number of hydrogen-bond donors (Lipinski definition) is 0. The first-order valence-corrected chi connectivity index (χ1v) is 9.87. The lowest BCUT2D eigenvalue weighted by molar-refractivity contribution is -0.384. The Hall–Kier alpha value is -2.60. The molecule has 0 aliphatic carbocycles. The standard InChI is InChI=1S/C22H30N4O2/c1-17(2)22(18-5-7-19(8-6-18)23(3)4)25-15-13-24(14-16-25)20-9-11-21(12-10-20)26(27)28/h5-12,17,22H,13-16H2,1-4H3. The van der Waals surface area contributed by atoms with Crippen molar-refractivity contribution in [2.24, 2.45) is 5.92 Å². The molecule has 3 rings (SSSR count). The van der Waals surface area contributed by atoms with Gasteiger partial charge in [-0.2, -0.15) is 0 Å². The molecule has 2 aromatic carbocycles. The van der Waals surface area contributed by atoms with Crippen molar-refractivity contribution in [3.63, 3.8) is 0 Å². The molecule has 6 nitrogen and oxygen atoms in total. The Bertz CT molecular complexity index is 779. The van der Waals surface area contributed by atoms with E-state index in [4.69, 9.17) is 0 Å². The number of piperazine rings is 1. The van der Waals surface area contributed by atoms with Crippen LogP contribution in [0.4, 0.5) is 17.1 Å². The van der Waals surface area contributed by atoms with E-state index in [-0.39, 0.29) is 10.6 Å². The zero-order chi connectivity index (χ0) is 20.3. The van der Waals surface area contributed by atoms with E-state index in [0.29, 0.717) is 12.0 Å². The summed E-state index contributed by atoms with van der Waals surface area (Å²) >= 11 is 0. The highest BCUT2D eigenvalue weighted by Crippen LogP contribution is 2.31. The van der Waals surface area contributed by atoms with Crippen LogP contribution in [0.2, 0.25) is 0 Å². The third-order valence-electron chi connectivity index (χ3n) is 5.52. The van der Waals surface area contributed by atoms with Gasteiger partial charge in [0.15, 0.2) is 0 Å². The molecule has 150 valence electrons. The molecule has 1 aliphatic heterocycles. The second kappa shape index (κ2) is 8.61. The maximum Gasteiger partial charge on any atom is 0.269 e. The summed E-state index contributed by atoms with van der Waals surface area (Å²) in [5, 5.41) is 10.8. The van der Waals surface area contributed by atoms with Crippen molar-refractivity contribution in [3.8, 4) is 0 Å². The van der Waals surface area contributed by atoms with Crippen LogP contribution in [0.3, 0.4) is 0 Å². The lowest BCUT2D eigenvalue weighted by Crippen LogP contribution is -2.48. The molecule has 1 heterocycles. The van der Waals surface area contributed by atoms with E-state index in [1.807, 2.05) is 12.1 Å². The molecular formula is C22H30N4O2. The normalized spacial score (nSPS) is 16.2. The number of non-ortho nitro benzene ring substituents is 1. The van der Waals surface area contributed by atoms with Crippen molar-refractivity contribution in [3.05, 3.63) is 64.2 Å². The SMILES string of the molecule is CC(C)C(c1ccc(N(C)C)cc1)N1CCN(c2ccc([N+](=O)[O-])cc2)CC1. The van der Waals surface area contributed by atoms with Gasteiger partial charge in [0, 0.05) is 69.8 Å². The molecule has 1 fully saturated rings. The Kier molecular flexibility index (Phi) is 6.19. The topological polar surface area (TPSA) is 52.9 Å². The average Bonchev–Trinajstić information content (AvgIpc) is 2.69. The first-order chi connectivity index (χ1) is 13.4. The molecule has 0 bridgehead atoms. The summed E-state index contributed by atoms with van der Waals surface area (Å²) in [5.74, 6) is 0.524. The lowest BCUT2D eigenvalue weighted by Gasteiger charge is -2.42. The van der Waals surface area contributed by atoms with E-state index in [1.54, 1.807) is 12.1 Å². The quantitative estimate of drug-likeness (QED) is 0.554. The maximum atomic E-state index is 10.8. The number of nitro benzene ring substituents is 1. The first-order valence-electron chi connectivity index (χ1n) is 9.87. The van der Waals surface area contributed by atoms with Gasteiger partial charge < -0.3 is 9.80 Å². The Morgan fingerprint density at radius 3 is 1.96 bits per heavy atom. The van der Waals surface area contributed by atoms with Gasteiger partial charge in [0.1, 0.15) is 0 Å². The highest BCUT2D eigenvalue weighted by atomic mass is 16.6. The van der Waals surface area contributed by atoms with Gasteiger partial charge >= 0.3 is 0 Å². The van der Waals surface area contributed by atoms with Crippen LogP contribution < -0.4 is 9.80 Å². The largest absolute Gasteiger partial charge is 0.378 e. The minimum absolute atomic E-state index is 0.142. The molecule has 1 atom stereocenters. The van der Waals surface area contributed by atoms with Gasteiger partial charge in [-0.1, -0.05) is 26.0 Å². The zero-order valence-corrected chi connectivity index (χ0v) is 17.2. The fraction of sp³-hybridized carbons (Fsp3) is 0.455. The van der Waals surface area contributed by atoms with Crippen molar-refractivity contribution >= 4 is 17.1 Å². The van der Waals surface area contributed by atoms with E-state index in [2.05, 4.69) is 66.9 Å². The van der Waals surface area contributed by atoms with Crippen LogP contribution in [-0.2, 0) is 0 Å². The second-order valence-electron chi connectivity index (χ2n) is 7.97. The lowest BCUT2D eigenvalue weighted by atomic mass is 9.93. The highest BCUT2D eigenvalue weighted by Gasteiger charge is 2.27. The minimum atomic E-state index is -0.351. The third-order valence-corrected chi connectivity index (χ3v) is 5.52. The van der Waals surface area contributed by atoms with Crippen LogP contribution in [0.25, 0.3) is 0 Å². The smallest absolute Gasteiger partial charge is 0.269 e. The van der Waals surface area contributed by atoms with Gasteiger partial charge in [-0.3, -0.25) is 15.0 Å². The molecule has 0 aromatic heterocycles. The number of nitrogens with zero attached hydrogens (tertiary/aromatic N) is 4. The van der Waals surface area contributed by atoms with Gasteiger partial charge in [-0.05, 0) is 35.7 Å². The summed E-state index contributed by atoms with van der Waals surface area (Å²) in [7, 11) is 4.12. The second-order valence-corrected chi connectivity index (χ2v) is 7.97. The van der Waals surface area contributed by atoms with Gasteiger partial charge in [0.05, 0.1) is 4.92 Å². The molecule has 6 heteroatoms. The Morgan fingerprint density at radius 2 is 1.50 bits per heavy atom. The maximum absolute atomic E-state index is 10.8. The number of rotatable bonds is 6. The molecule has 28 heavy (non-hydrogen) atoms. The van der Waals surface area contributed by atoms with Gasteiger partial charge in [0.2, 0.25) is 0 Å². The Labute approximate surface area is 167 Å². The van der Waals surface area contributed by atoms with Crippen molar-refractivity contribution in [1.82, 2.24) is 4.90 Å². The number of nitro groups is 1. The monoisotopic (exact) mass is 382 g/mol. The van der Waals surface area contributed by atoms with E-state index < -0.39 is 0 Å². The summed E-state index contributed by atoms with van der Waals surface area (Å²) in [6.07, 6.45) is 0. The fourth-order valence-corrected chi connectivity index (χ4v) is 4.03. The van der Waals surface area contributed by atoms with Crippen molar-refractivity contribution in [1.29, 1.82) is 0 Å². The molecule has 0 N–H and O–H groups in total. The van der Waals surface area contributed by atoms with Crippen molar-refractivity contribution < 1.29 is 4.92 Å². The molecule has 1 saturated heterocycles. The summed E-state index contributed by atoms with van der Waals surface area (Å²) < 4.78 is 0. The first kappa shape index (κ1) is 20.1. The van der Waals surface area contributed by atoms with Crippen molar-refractivity contribution in [2.75, 3.05) is 50.1 Å². The Balaban J connectivity index is 1.68. The van der Waals surface area contributed by atoms with Gasteiger partial charge in [-0.25, -0.2) is 0 Å². The van der Waals surface area contributed by atoms with E-state index >= 15 is 0 Å². The van der Waals surface area contributed by atoms with Crippen LogP contribution in [0.5, 0.6) is 0 Å². The highest BCUT2D eigenvalue weighted by molar-refractivity contribution is 5.51. The predicted molar refractivity (Wildman–Crippen MR) is 115 cm³/mol. The summed E-state index contributed by atoms with van der Waals surface area (Å²) in [4.78, 5) is 17.5. The van der Waals surface area contributed by atoms with Crippen LogP contribution in [0.1, 0.15) is 25.5 Å². The summed E-state index contributed by atoms with van der Waals surface area (Å²) in [6.45, 7) is 8.39. The molecule has 0 saturated carbocycles. The molecule has 1 aliphatic rings. The van der Waals surface area contributed by atoms with E-state index in [1.165, 1.54) is 11.3 Å². The molecule has 0 spiro atoms. The van der Waals surface area contributed by atoms with E-state index in [9.17, 15) is 10.1 Å². The van der Waals surface area contributed by atoms with Crippen molar-refractivity contribution in [2.45, 2.75) is 19.9 Å². The van der Waals surface area contributed by atoms with Gasteiger partial charge in [-0.15, -0.1) is 0 Å². The third kappa shape index (κ3) is 4.44.